The minimum absolute atomic E-state index is 0.101. The van der Waals surface area contributed by atoms with E-state index in [2.05, 4.69) is 21.6 Å². The molecule has 1 aliphatic carbocycles. The van der Waals surface area contributed by atoms with Crippen LogP contribution in [0.2, 0.25) is 0 Å². The first-order valence-corrected chi connectivity index (χ1v) is 6.03. The number of tetrazole rings is 1. The highest BCUT2D eigenvalue weighted by Crippen LogP contribution is 2.32. The summed E-state index contributed by atoms with van der Waals surface area (Å²) < 4.78 is 1.88. The van der Waals surface area contributed by atoms with Gasteiger partial charge in [0.25, 0.3) is 0 Å². The van der Waals surface area contributed by atoms with E-state index in [1.165, 1.54) is 24.6 Å². The summed E-state index contributed by atoms with van der Waals surface area (Å²) in [6, 6.07) is 2.61. The zero-order valence-corrected chi connectivity index (χ0v) is 9.44. The quantitative estimate of drug-likeness (QED) is 0.731. The van der Waals surface area contributed by atoms with E-state index in [9.17, 15) is 0 Å². The molecule has 0 aromatic carbocycles. The highest BCUT2D eigenvalue weighted by Gasteiger charge is 2.22. The molecule has 1 aromatic rings. The van der Waals surface area contributed by atoms with Gasteiger partial charge in [0, 0.05) is 0 Å². The van der Waals surface area contributed by atoms with E-state index in [-0.39, 0.29) is 5.25 Å². The van der Waals surface area contributed by atoms with Gasteiger partial charge in [-0.25, -0.2) is 4.68 Å². The van der Waals surface area contributed by atoms with Crippen LogP contribution in [-0.2, 0) is 0 Å². The Hall–Kier alpha value is -1.09. The SMILES string of the molecule is CC(C#N)Sc1nnnn1C1CCCC1. The summed E-state index contributed by atoms with van der Waals surface area (Å²) in [4.78, 5) is 0. The fourth-order valence-electron chi connectivity index (χ4n) is 1.83. The third-order valence-electron chi connectivity index (χ3n) is 2.60. The summed E-state index contributed by atoms with van der Waals surface area (Å²) >= 11 is 1.43. The minimum Gasteiger partial charge on any atom is -0.217 e. The van der Waals surface area contributed by atoms with Crippen LogP contribution in [0.1, 0.15) is 38.6 Å². The number of thioether (sulfide) groups is 1. The predicted octanol–water partition coefficient (Wildman–Crippen LogP) is 1.79. The number of aromatic nitrogens is 4. The molecule has 80 valence electrons. The second-order valence-corrected chi connectivity index (χ2v) is 5.04. The van der Waals surface area contributed by atoms with Crippen LogP contribution in [0.5, 0.6) is 0 Å². The molecule has 1 atom stereocenters. The summed E-state index contributed by atoms with van der Waals surface area (Å²) in [6.07, 6.45) is 4.81. The molecule has 0 spiro atoms. The van der Waals surface area contributed by atoms with Crippen molar-refractivity contribution >= 4 is 11.8 Å². The lowest BCUT2D eigenvalue weighted by Crippen LogP contribution is -2.09. The maximum Gasteiger partial charge on any atom is 0.210 e. The van der Waals surface area contributed by atoms with E-state index in [1.54, 1.807) is 0 Å². The molecule has 0 N–H and O–H groups in total. The Labute approximate surface area is 92.8 Å². The Morgan fingerprint density at radius 2 is 2.27 bits per heavy atom. The Kier molecular flexibility index (Phi) is 3.21. The zero-order valence-electron chi connectivity index (χ0n) is 8.63. The van der Waals surface area contributed by atoms with E-state index in [1.807, 2.05) is 11.6 Å². The van der Waals surface area contributed by atoms with Gasteiger partial charge in [0.15, 0.2) is 0 Å². The van der Waals surface area contributed by atoms with Gasteiger partial charge in [0.2, 0.25) is 5.16 Å². The number of nitrogens with zero attached hydrogens (tertiary/aromatic N) is 5. The molecule has 2 rings (SSSR count). The smallest absolute Gasteiger partial charge is 0.210 e. The van der Waals surface area contributed by atoms with Crippen LogP contribution in [0, 0.1) is 11.3 Å². The number of nitriles is 1. The van der Waals surface area contributed by atoms with Crippen LogP contribution in [0.3, 0.4) is 0 Å². The van der Waals surface area contributed by atoms with Crippen molar-refractivity contribution < 1.29 is 0 Å². The van der Waals surface area contributed by atoms with Crippen molar-refractivity contribution in [1.82, 2.24) is 20.2 Å². The van der Waals surface area contributed by atoms with Crippen molar-refractivity contribution in [3.63, 3.8) is 0 Å². The number of hydrogen-bond donors (Lipinski definition) is 0. The first-order chi connectivity index (χ1) is 7.31. The first-order valence-electron chi connectivity index (χ1n) is 5.15. The van der Waals surface area contributed by atoms with Crippen LogP contribution in [0.4, 0.5) is 0 Å². The Morgan fingerprint density at radius 3 is 2.93 bits per heavy atom. The second-order valence-electron chi connectivity index (χ2n) is 3.73. The van der Waals surface area contributed by atoms with Gasteiger partial charge < -0.3 is 0 Å². The van der Waals surface area contributed by atoms with Crippen LogP contribution < -0.4 is 0 Å². The molecule has 1 aromatic heterocycles. The number of hydrogen-bond acceptors (Lipinski definition) is 5. The molecule has 1 heterocycles. The van der Waals surface area contributed by atoms with Crippen LogP contribution >= 0.6 is 11.8 Å². The van der Waals surface area contributed by atoms with E-state index in [0.29, 0.717) is 6.04 Å². The molecule has 0 saturated heterocycles. The molecule has 1 fully saturated rings. The van der Waals surface area contributed by atoms with Gasteiger partial charge in [-0.05, 0) is 30.2 Å². The zero-order chi connectivity index (χ0) is 10.7. The van der Waals surface area contributed by atoms with Gasteiger partial charge in [-0.2, -0.15) is 5.26 Å². The maximum atomic E-state index is 8.74. The van der Waals surface area contributed by atoms with E-state index >= 15 is 0 Å². The Morgan fingerprint density at radius 1 is 1.53 bits per heavy atom. The van der Waals surface area contributed by atoms with Gasteiger partial charge in [-0.1, -0.05) is 24.6 Å². The fraction of sp³-hybridized carbons (Fsp3) is 0.778. The molecule has 1 saturated carbocycles. The molecule has 0 radical (unpaired) electrons. The van der Waals surface area contributed by atoms with E-state index in [0.717, 1.165) is 18.0 Å². The second kappa shape index (κ2) is 4.62. The van der Waals surface area contributed by atoms with Crippen LogP contribution in [-0.4, -0.2) is 25.5 Å². The Bertz CT molecular complexity index is 363. The van der Waals surface area contributed by atoms with Crippen molar-refractivity contribution in [3.8, 4) is 6.07 Å². The third kappa shape index (κ3) is 2.29. The summed E-state index contributed by atoms with van der Waals surface area (Å²) in [5, 5.41) is 21.1. The summed E-state index contributed by atoms with van der Waals surface area (Å²) in [6.45, 7) is 1.86. The maximum absolute atomic E-state index is 8.74. The van der Waals surface area contributed by atoms with E-state index < -0.39 is 0 Å². The lowest BCUT2D eigenvalue weighted by molar-refractivity contribution is 0.423. The molecule has 6 heteroatoms. The summed E-state index contributed by atoms with van der Waals surface area (Å²) in [7, 11) is 0. The lowest BCUT2D eigenvalue weighted by Gasteiger charge is -2.10. The van der Waals surface area contributed by atoms with Gasteiger partial charge in [-0.15, -0.1) is 5.10 Å². The van der Waals surface area contributed by atoms with Gasteiger partial charge in [0.05, 0.1) is 17.4 Å². The largest absolute Gasteiger partial charge is 0.217 e. The lowest BCUT2D eigenvalue weighted by atomic mass is 10.3. The average molecular weight is 223 g/mol. The standard InChI is InChI=1S/C9H13N5S/c1-7(6-10)15-9-11-12-13-14(9)8-4-2-3-5-8/h7-8H,2-5H2,1H3. The van der Waals surface area contributed by atoms with Crippen molar-refractivity contribution in [3.05, 3.63) is 0 Å². The molecule has 1 unspecified atom stereocenters. The molecular formula is C9H13N5S. The summed E-state index contributed by atoms with van der Waals surface area (Å²) in [5.74, 6) is 0. The molecule has 0 amide bonds. The third-order valence-corrected chi connectivity index (χ3v) is 3.54. The molecule has 0 aliphatic heterocycles. The van der Waals surface area contributed by atoms with Crippen LogP contribution in [0.15, 0.2) is 5.16 Å². The predicted molar refractivity (Wildman–Crippen MR) is 56.3 cm³/mol. The van der Waals surface area contributed by atoms with E-state index in [4.69, 9.17) is 5.26 Å². The summed E-state index contributed by atoms with van der Waals surface area (Å²) in [5.41, 5.74) is 0. The van der Waals surface area contributed by atoms with Gasteiger partial charge >= 0.3 is 0 Å². The van der Waals surface area contributed by atoms with Crippen molar-refractivity contribution in [2.45, 2.75) is 49.1 Å². The Balaban J connectivity index is 2.11. The van der Waals surface area contributed by atoms with Crippen molar-refractivity contribution in [1.29, 1.82) is 5.26 Å². The monoisotopic (exact) mass is 223 g/mol. The molecule has 0 bridgehead atoms. The van der Waals surface area contributed by atoms with Crippen molar-refractivity contribution in [2.24, 2.45) is 0 Å². The first kappa shape index (κ1) is 10.4. The highest BCUT2D eigenvalue weighted by atomic mass is 32.2. The molecular weight excluding hydrogens is 210 g/mol. The van der Waals surface area contributed by atoms with Crippen LogP contribution in [0.25, 0.3) is 0 Å². The highest BCUT2D eigenvalue weighted by molar-refractivity contribution is 8.00. The normalized spacial score (nSPS) is 18.9. The average Bonchev–Trinajstić information content (AvgIpc) is 2.86. The van der Waals surface area contributed by atoms with Gasteiger partial charge in [-0.3, -0.25) is 0 Å². The topological polar surface area (TPSA) is 67.4 Å². The molecule has 15 heavy (non-hydrogen) atoms. The molecule has 1 aliphatic rings. The molecule has 5 nitrogen and oxygen atoms in total. The van der Waals surface area contributed by atoms with Crippen molar-refractivity contribution in [2.75, 3.05) is 0 Å². The minimum atomic E-state index is -0.101. The number of rotatable bonds is 3. The van der Waals surface area contributed by atoms with Gasteiger partial charge in [0.1, 0.15) is 0 Å². The fourth-order valence-corrected chi connectivity index (χ4v) is 2.57.